The second-order valence-corrected chi connectivity index (χ2v) is 6.23. The molecule has 0 unspecified atom stereocenters. The van der Waals surface area contributed by atoms with Crippen LogP contribution < -0.4 is 10.9 Å². The van der Waals surface area contributed by atoms with Gasteiger partial charge in [0.2, 0.25) is 0 Å². The Balaban J connectivity index is 1.78. The van der Waals surface area contributed by atoms with Crippen molar-refractivity contribution >= 4 is 5.91 Å². The minimum absolute atomic E-state index is 0.00514. The molecule has 1 aliphatic carbocycles. The molecule has 0 spiro atoms. The topological polar surface area (TPSA) is 95.1 Å². The van der Waals surface area contributed by atoms with Crippen molar-refractivity contribution in [2.45, 2.75) is 38.1 Å². The van der Waals surface area contributed by atoms with E-state index in [1.54, 1.807) is 0 Å². The zero-order chi connectivity index (χ0) is 17.1. The summed E-state index contributed by atoms with van der Waals surface area (Å²) >= 11 is 0. The van der Waals surface area contributed by atoms with Crippen LogP contribution in [0, 0.1) is 6.92 Å². The van der Waals surface area contributed by atoms with Gasteiger partial charge in [0.25, 0.3) is 11.5 Å². The van der Waals surface area contributed by atoms with Gasteiger partial charge in [-0.2, -0.15) is 0 Å². The van der Waals surface area contributed by atoms with Crippen LogP contribution in [0.3, 0.4) is 0 Å². The third kappa shape index (κ3) is 3.71. The van der Waals surface area contributed by atoms with Crippen LogP contribution in [0.4, 0.5) is 0 Å². The fourth-order valence-corrected chi connectivity index (χ4v) is 2.62. The molecule has 1 atom stereocenters. The van der Waals surface area contributed by atoms with E-state index in [2.05, 4.69) is 15.3 Å². The Morgan fingerprint density at radius 3 is 2.67 bits per heavy atom. The minimum Gasteiger partial charge on any atom is -0.396 e. The highest BCUT2D eigenvalue weighted by atomic mass is 16.3. The average molecular weight is 327 g/mol. The number of aromatic amines is 1. The lowest BCUT2D eigenvalue weighted by molar-refractivity contribution is 0.0928. The lowest BCUT2D eigenvalue weighted by atomic mass is 10.0. The molecular weight excluding hydrogens is 306 g/mol. The Labute approximate surface area is 140 Å². The smallest absolute Gasteiger partial charge is 0.263 e. The van der Waals surface area contributed by atoms with Gasteiger partial charge in [-0.3, -0.25) is 9.59 Å². The summed E-state index contributed by atoms with van der Waals surface area (Å²) in [5.74, 6) is 0.497. The molecule has 0 bridgehead atoms. The van der Waals surface area contributed by atoms with E-state index >= 15 is 0 Å². The maximum absolute atomic E-state index is 12.4. The number of rotatable bonds is 6. The normalized spacial score (nSPS) is 15.1. The Morgan fingerprint density at radius 2 is 2.08 bits per heavy atom. The number of carbonyl (C=O) groups excluding carboxylic acids is 1. The molecule has 6 heteroatoms. The quantitative estimate of drug-likeness (QED) is 0.754. The maximum Gasteiger partial charge on any atom is 0.263 e. The van der Waals surface area contributed by atoms with E-state index in [4.69, 9.17) is 0 Å². The van der Waals surface area contributed by atoms with Gasteiger partial charge in [0, 0.05) is 18.7 Å². The number of aliphatic hydroxyl groups is 1. The average Bonchev–Trinajstić information content (AvgIpc) is 3.40. The standard InChI is InChI=1S/C18H21N3O3/c1-11-2-4-12(5-3-11)15(8-9-22)20-17(23)14-10-19-16(13-6-7-13)21-18(14)24/h2-5,10,13,15,22H,6-9H2,1H3,(H,20,23)(H,19,21,24)/t15-/m1/s1. The molecule has 3 N–H and O–H groups in total. The summed E-state index contributed by atoms with van der Waals surface area (Å²) in [5.41, 5.74) is 1.58. The van der Waals surface area contributed by atoms with Gasteiger partial charge in [0.05, 0.1) is 6.04 Å². The number of hydrogen-bond donors (Lipinski definition) is 3. The molecule has 1 amide bonds. The fraction of sp³-hybridized carbons (Fsp3) is 0.389. The molecular formula is C18H21N3O3. The molecule has 0 aliphatic heterocycles. The number of hydrogen-bond acceptors (Lipinski definition) is 4. The van der Waals surface area contributed by atoms with Gasteiger partial charge < -0.3 is 15.4 Å². The highest BCUT2D eigenvalue weighted by Gasteiger charge is 2.27. The maximum atomic E-state index is 12.4. The fourth-order valence-electron chi connectivity index (χ4n) is 2.62. The van der Waals surface area contributed by atoms with Crippen molar-refractivity contribution in [2.75, 3.05) is 6.61 Å². The number of amides is 1. The number of nitrogens with zero attached hydrogens (tertiary/aromatic N) is 1. The summed E-state index contributed by atoms with van der Waals surface area (Å²) in [4.78, 5) is 31.5. The van der Waals surface area contributed by atoms with E-state index in [9.17, 15) is 14.7 Å². The van der Waals surface area contributed by atoms with Crippen LogP contribution >= 0.6 is 0 Å². The van der Waals surface area contributed by atoms with Gasteiger partial charge in [0.1, 0.15) is 11.4 Å². The van der Waals surface area contributed by atoms with Crippen molar-refractivity contribution in [1.29, 1.82) is 0 Å². The number of aliphatic hydroxyl groups excluding tert-OH is 1. The summed E-state index contributed by atoms with van der Waals surface area (Å²) in [6.45, 7) is 1.92. The van der Waals surface area contributed by atoms with Crippen molar-refractivity contribution in [1.82, 2.24) is 15.3 Å². The van der Waals surface area contributed by atoms with Crippen LogP contribution in [0.25, 0.3) is 0 Å². The number of aromatic nitrogens is 2. The highest BCUT2D eigenvalue weighted by molar-refractivity contribution is 5.93. The van der Waals surface area contributed by atoms with Crippen LogP contribution in [0.1, 0.15) is 58.5 Å². The molecule has 6 nitrogen and oxygen atoms in total. The second-order valence-electron chi connectivity index (χ2n) is 6.23. The molecule has 126 valence electrons. The van der Waals surface area contributed by atoms with E-state index in [1.807, 2.05) is 31.2 Å². The SMILES string of the molecule is Cc1ccc([C@@H](CCO)NC(=O)c2cnc(C3CC3)[nH]c2=O)cc1. The van der Waals surface area contributed by atoms with Crippen LogP contribution in [0.5, 0.6) is 0 Å². The lowest BCUT2D eigenvalue weighted by Crippen LogP contribution is -2.33. The van der Waals surface area contributed by atoms with Crippen LogP contribution in [0.2, 0.25) is 0 Å². The van der Waals surface area contributed by atoms with E-state index in [0.29, 0.717) is 18.2 Å². The summed E-state index contributed by atoms with van der Waals surface area (Å²) in [7, 11) is 0. The molecule has 24 heavy (non-hydrogen) atoms. The number of benzene rings is 1. The molecule has 1 fully saturated rings. The first-order valence-corrected chi connectivity index (χ1v) is 8.16. The van der Waals surface area contributed by atoms with Gasteiger partial charge in [-0.1, -0.05) is 29.8 Å². The molecule has 1 aromatic carbocycles. The van der Waals surface area contributed by atoms with Gasteiger partial charge >= 0.3 is 0 Å². The van der Waals surface area contributed by atoms with Crippen LogP contribution in [0.15, 0.2) is 35.3 Å². The predicted octanol–water partition coefficient (Wildman–Crippen LogP) is 1.81. The Kier molecular flexibility index (Phi) is 4.76. The summed E-state index contributed by atoms with van der Waals surface area (Å²) in [5, 5.41) is 12.1. The van der Waals surface area contributed by atoms with Gasteiger partial charge in [0.15, 0.2) is 0 Å². The summed E-state index contributed by atoms with van der Waals surface area (Å²) in [6, 6.07) is 7.36. The molecule has 3 rings (SSSR count). The minimum atomic E-state index is -0.481. The van der Waals surface area contributed by atoms with Gasteiger partial charge in [-0.15, -0.1) is 0 Å². The molecule has 1 heterocycles. The first-order valence-electron chi connectivity index (χ1n) is 8.16. The monoisotopic (exact) mass is 327 g/mol. The molecule has 2 aromatic rings. The Hall–Kier alpha value is -2.47. The lowest BCUT2D eigenvalue weighted by Gasteiger charge is -2.18. The van der Waals surface area contributed by atoms with Crippen molar-refractivity contribution in [3.63, 3.8) is 0 Å². The largest absolute Gasteiger partial charge is 0.396 e. The second kappa shape index (κ2) is 6.97. The third-order valence-electron chi connectivity index (χ3n) is 4.23. The van der Waals surface area contributed by atoms with Gasteiger partial charge in [-0.25, -0.2) is 4.98 Å². The molecule has 0 saturated heterocycles. The molecule has 1 saturated carbocycles. The van der Waals surface area contributed by atoms with Crippen molar-refractivity contribution < 1.29 is 9.90 Å². The Morgan fingerprint density at radius 1 is 1.38 bits per heavy atom. The number of H-pyrrole nitrogens is 1. The molecule has 0 radical (unpaired) electrons. The number of carbonyl (C=O) groups is 1. The van der Waals surface area contributed by atoms with Crippen molar-refractivity contribution in [3.05, 3.63) is 63.3 Å². The zero-order valence-corrected chi connectivity index (χ0v) is 13.6. The van der Waals surface area contributed by atoms with E-state index in [0.717, 1.165) is 24.0 Å². The first kappa shape index (κ1) is 16.4. The summed E-state index contributed by atoms with van der Waals surface area (Å²) < 4.78 is 0. The van der Waals surface area contributed by atoms with E-state index in [-0.39, 0.29) is 18.2 Å². The van der Waals surface area contributed by atoms with E-state index in [1.165, 1.54) is 6.20 Å². The van der Waals surface area contributed by atoms with Crippen molar-refractivity contribution in [3.8, 4) is 0 Å². The molecule has 1 aliphatic rings. The van der Waals surface area contributed by atoms with Crippen LogP contribution in [-0.4, -0.2) is 27.6 Å². The highest BCUT2D eigenvalue weighted by Crippen LogP contribution is 2.37. The van der Waals surface area contributed by atoms with Crippen LogP contribution in [-0.2, 0) is 0 Å². The number of aryl methyl sites for hydroxylation is 1. The summed E-state index contributed by atoms with van der Waals surface area (Å²) in [6.07, 6.45) is 3.77. The Bertz CT molecular complexity index is 779. The zero-order valence-electron chi connectivity index (χ0n) is 13.6. The van der Waals surface area contributed by atoms with Crippen molar-refractivity contribution in [2.24, 2.45) is 0 Å². The van der Waals surface area contributed by atoms with Gasteiger partial charge in [-0.05, 0) is 31.7 Å². The first-order chi connectivity index (χ1) is 11.6. The number of nitrogens with one attached hydrogen (secondary N) is 2. The van der Waals surface area contributed by atoms with E-state index < -0.39 is 11.5 Å². The molecule has 1 aromatic heterocycles. The predicted molar refractivity (Wildman–Crippen MR) is 89.9 cm³/mol. The third-order valence-corrected chi connectivity index (χ3v) is 4.23.